The Balaban J connectivity index is 2.42. The van der Waals surface area contributed by atoms with Gasteiger partial charge in [-0.1, -0.05) is 33.1 Å². The fraction of sp³-hybridized carbons (Fsp3) is 1.00. The van der Waals surface area contributed by atoms with Crippen LogP contribution in [-0.2, 0) is 0 Å². The molecule has 4 unspecified atom stereocenters. The number of nitrogens with zero attached hydrogens (tertiary/aromatic N) is 1. The summed E-state index contributed by atoms with van der Waals surface area (Å²) in [5.41, 5.74) is 6.33. The van der Waals surface area contributed by atoms with E-state index in [0.29, 0.717) is 12.1 Å². The lowest BCUT2D eigenvalue weighted by Gasteiger charge is -2.38. The molecule has 2 heteroatoms. The summed E-state index contributed by atoms with van der Waals surface area (Å²) in [4.78, 5) is 2.53. The van der Waals surface area contributed by atoms with Crippen LogP contribution in [0.3, 0.4) is 0 Å². The summed E-state index contributed by atoms with van der Waals surface area (Å²) in [5.74, 6) is 1.66. The predicted molar refractivity (Wildman–Crippen MR) is 80.7 cm³/mol. The molecule has 0 aliphatic heterocycles. The first-order valence-electron chi connectivity index (χ1n) is 8.04. The van der Waals surface area contributed by atoms with Crippen molar-refractivity contribution < 1.29 is 0 Å². The number of hydrogen-bond donors (Lipinski definition) is 1. The van der Waals surface area contributed by atoms with Gasteiger partial charge in [0.15, 0.2) is 0 Å². The van der Waals surface area contributed by atoms with E-state index >= 15 is 0 Å². The molecule has 0 aromatic carbocycles. The SMILES string of the molecule is CCCC1CCC(N)C(CN(C)C(C)CCC)C1. The second-order valence-corrected chi connectivity index (χ2v) is 6.47. The van der Waals surface area contributed by atoms with Crippen molar-refractivity contribution in [3.63, 3.8) is 0 Å². The summed E-state index contributed by atoms with van der Waals surface area (Å²) in [6.45, 7) is 8.12. The highest BCUT2D eigenvalue weighted by Gasteiger charge is 2.29. The molecule has 0 heterocycles. The summed E-state index contributed by atoms with van der Waals surface area (Å²) in [7, 11) is 2.27. The van der Waals surface area contributed by atoms with Crippen molar-refractivity contribution in [2.75, 3.05) is 13.6 Å². The maximum Gasteiger partial charge on any atom is 0.00795 e. The minimum Gasteiger partial charge on any atom is -0.327 e. The smallest absolute Gasteiger partial charge is 0.00795 e. The number of nitrogens with two attached hydrogens (primary N) is 1. The Kier molecular flexibility index (Phi) is 7.25. The molecule has 1 aliphatic carbocycles. The van der Waals surface area contributed by atoms with E-state index in [-0.39, 0.29) is 0 Å². The fourth-order valence-electron chi connectivity index (χ4n) is 3.45. The van der Waals surface area contributed by atoms with Gasteiger partial charge in [0.05, 0.1) is 0 Å². The predicted octanol–water partition coefficient (Wildman–Crippen LogP) is 3.65. The van der Waals surface area contributed by atoms with Crippen LogP contribution in [0.5, 0.6) is 0 Å². The van der Waals surface area contributed by atoms with Gasteiger partial charge in [0.1, 0.15) is 0 Å². The lowest BCUT2D eigenvalue weighted by molar-refractivity contribution is 0.142. The summed E-state index contributed by atoms with van der Waals surface area (Å²) >= 11 is 0. The zero-order valence-corrected chi connectivity index (χ0v) is 13.0. The molecule has 1 aliphatic rings. The van der Waals surface area contributed by atoms with Crippen molar-refractivity contribution in [2.24, 2.45) is 17.6 Å². The van der Waals surface area contributed by atoms with Crippen LogP contribution in [0.15, 0.2) is 0 Å². The number of hydrogen-bond acceptors (Lipinski definition) is 2. The van der Waals surface area contributed by atoms with E-state index in [2.05, 4.69) is 32.7 Å². The van der Waals surface area contributed by atoms with Gasteiger partial charge in [-0.15, -0.1) is 0 Å². The maximum atomic E-state index is 6.33. The Morgan fingerprint density at radius 1 is 1.22 bits per heavy atom. The summed E-state index contributed by atoms with van der Waals surface area (Å²) in [6, 6.07) is 1.14. The molecule has 0 spiro atoms. The van der Waals surface area contributed by atoms with Crippen molar-refractivity contribution in [3.8, 4) is 0 Å². The largest absolute Gasteiger partial charge is 0.327 e. The molecule has 0 aromatic heterocycles. The zero-order chi connectivity index (χ0) is 13.5. The topological polar surface area (TPSA) is 29.3 Å². The second kappa shape index (κ2) is 8.16. The van der Waals surface area contributed by atoms with Crippen LogP contribution < -0.4 is 5.73 Å². The van der Waals surface area contributed by atoms with E-state index in [0.717, 1.165) is 11.8 Å². The molecule has 0 saturated heterocycles. The first-order chi connectivity index (χ1) is 8.58. The average Bonchev–Trinajstić information content (AvgIpc) is 2.34. The molecule has 1 fully saturated rings. The normalized spacial score (nSPS) is 30.7. The van der Waals surface area contributed by atoms with Crippen molar-refractivity contribution >= 4 is 0 Å². The Morgan fingerprint density at radius 2 is 1.94 bits per heavy atom. The first-order valence-corrected chi connectivity index (χ1v) is 8.04. The molecule has 0 radical (unpaired) electrons. The van der Waals surface area contributed by atoms with Crippen molar-refractivity contribution in [2.45, 2.75) is 77.8 Å². The fourth-order valence-corrected chi connectivity index (χ4v) is 3.45. The van der Waals surface area contributed by atoms with Crippen molar-refractivity contribution in [1.82, 2.24) is 4.90 Å². The third kappa shape index (κ3) is 4.89. The molecule has 1 rings (SSSR count). The van der Waals surface area contributed by atoms with Crippen LogP contribution >= 0.6 is 0 Å². The van der Waals surface area contributed by atoms with Crippen LogP contribution in [0.4, 0.5) is 0 Å². The van der Waals surface area contributed by atoms with Crippen molar-refractivity contribution in [1.29, 1.82) is 0 Å². The molecule has 2 nitrogen and oxygen atoms in total. The van der Waals surface area contributed by atoms with Crippen LogP contribution in [0.2, 0.25) is 0 Å². The van der Waals surface area contributed by atoms with E-state index in [1.165, 1.54) is 51.5 Å². The summed E-state index contributed by atoms with van der Waals surface area (Å²) in [5, 5.41) is 0. The maximum absolute atomic E-state index is 6.33. The zero-order valence-electron chi connectivity index (χ0n) is 13.0. The van der Waals surface area contributed by atoms with E-state index in [4.69, 9.17) is 5.73 Å². The van der Waals surface area contributed by atoms with Gasteiger partial charge in [0.25, 0.3) is 0 Å². The van der Waals surface area contributed by atoms with Gasteiger partial charge in [-0.25, -0.2) is 0 Å². The highest BCUT2D eigenvalue weighted by molar-refractivity contribution is 4.84. The van der Waals surface area contributed by atoms with Gasteiger partial charge in [-0.2, -0.15) is 0 Å². The molecular formula is C16H34N2. The Labute approximate surface area is 114 Å². The lowest BCUT2D eigenvalue weighted by atomic mass is 9.76. The molecule has 0 amide bonds. The van der Waals surface area contributed by atoms with E-state index < -0.39 is 0 Å². The quantitative estimate of drug-likeness (QED) is 0.751. The third-order valence-electron chi connectivity index (χ3n) is 4.83. The Hall–Kier alpha value is -0.0800. The van der Waals surface area contributed by atoms with Crippen LogP contribution in [0.25, 0.3) is 0 Å². The van der Waals surface area contributed by atoms with Gasteiger partial charge >= 0.3 is 0 Å². The highest BCUT2D eigenvalue weighted by Crippen LogP contribution is 2.32. The van der Waals surface area contributed by atoms with Gasteiger partial charge in [-0.05, 0) is 51.5 Å². The molecule has 108 valence electrons. The minimum atomic E-state index is 0.439. The second-order valence-electron chi connectivity index (χ2n) is 6.47. The Bertz CT molecular complexity index is 217. The van der Waals surface area contributed by atoms with E-state index in [1.807, 2.05) is 0 Å². The third-order valence-corrected chi connectivity index (χ3v) is 4.83. The van der Waals surface area contributed by atoms with Gasteiger partial charge in [0.2, 0.25) is 0 Å². The van der Waals surface area contributed by atoms with E-state index in [1.54, 1.807) is 0 Å². The van der Waals surface area contributed by atoms with Gasteiger partial charge in [0, 0.05) is 18.6 Å². The van der Waals surface area contributed by atoms with Gasteiger partial charge in [-0.3, -0.25) is 0 Å². The van der Waals surface area contributed by atoms with Crippen LogP contribution in [0.1, 0.15) is 65.7 Å². The molecule has 0 aromatic rings. The summed E-state index contributed by atoms with van der Waals surface area (Å²) in [6.07, 6.45) is 9.27. The van der Waals surface area contributed by atoms with Crippen LogP contribution in [0, 0.1) is 11.8 Å². The molecule has 18 heavy (non-hydrogen) atoms. The molecule has 2 N–H and O–H groups in total. The molecular weight excluding hydrogens is 220 g/mol. The Morgan fingerprint density at radius 3 is 2.56 bits per heavy atom. The highest BCUT2D eigenvalue weighted by atomic mass is 15.1. The molecule has 4 atom stereocenters. The van der Waals surface area contributed by atoms with Crippen molar-refractivity contribution in [3.05, 3.63) is 0 Å². The number of rotatable bonds is 7. The molecule has 1 saturated carbocycles. The standard InChI is InChI=1S/C16H34N2/c1-5-7-13(3)18(4)12-15-11-14(8-6-2)9-10-16(15)17/h13-16H,5-12,17H2,1-4H3. The minimum absolute atomic E-state index is 0.439. The summed E-state index contributed by atoms with van der Waals surface area (Å²) < 4.78 is 0. The molecule has 0 bridgehead atoms. The first kappa shape index (κ1) is 16.0. The van der Waals surface area contributed by atoms with Crippen LogP contribution in [-0.4, -0.2) is 30.6 Å². The average molecular weight is 254 g/mol. The van der Waals surface area contributed by atoms with E-state index in [9.17, 15) is 0 Å². The van der Waals surface area contributed by atoms with Gasteiger partial charge < -0.3 is 10.6 Å². The lowest BCUT2D eigenvalue weighted by Crippen LogP contribution is -2.44. The monoisotopic (exact) mass is 254 g/mol.